The lowest BCUT2D eigenvalue weighted by atomic mass is 9.77. The molecule has 142 valence electrons. The second-order valence-corrected chi connectivity index (χ2v) is 7.52. The Hall–Kier alpha value is -3.57. The maximum absolute atomic E-state index is 11.8. The van der Waals surface area contributed by atoms with Crippen molar-refractivity contribution in [1.29, 1.82) is 0 Å². The molecular formula is C24H18N2O2S. The van der Waals surface area contributed by atoms with Crippen LogP contribution in [-0.2, 0) is 10.3 Å². The average molecular weight is 398 g/mol. The molecule has 4 rings (SSSR count). The number of hydrogen-bond acceptors (Lipinski definition) is 5. The number of aromatic nitrogens is 1. The molecule has 0 spiro atoms. The predicted molar refractivity (Wildman–Crippen MR) is 115 cm³/mol. The second-order valence-electron chi connectivity index (χ2n) is 6.48. The van der Waals surface area contributed by atoms with Crippen LogP contribution in [0.5, 0.6) is 0 Å². The standard InChI is InChI=1S/C24H18N2O2S/c27-17-21(28)22-16-25-23(29-22)26-24(18-10-4-1-5-11-18,19-12-6-2-7-13-19)20-14-8-3-9-15-20/h1-17H,(H,25,26). The molecule has 0 saturated heterocycles. The van der Waals surface area contributed by atoms with Crippen molar-refractivity contribution < 1.29 is 9.59 Å². The zero-order valence-electron chi connectivity index (χ0n) is 15.5. The summed E-state index contributed by atoms with van der Waals surface area (Å²) < 4.78 is 0. The topological polar surface area (TPSA) is 59.1 Å². The highest BCUT2D eigenvalue weighted by atomic mass is 32.1. The van der Waals surface area contributed by atoms with Crippen molar-refractivity contribution in [2.24, 2.45) is 0 Å². The normalized spacial score (nSPS) is 11.0. The van der Waals surface area contributed by atoms with E-state index in [1.54, 1.807) is 0 Å². The van der Waals surface area contributed by atoms with Gasteiger partial charge in [0, 0.05) is 0 Å². The van der Waals surface area contributed by atoms with Crippen molar-refractivity contribution in [2.75, 3.05) is 5.32 Å². The lowest BCUT2D eigenvalue weighted by Crippen LogP contribution is -2.38. The van der Waals surface area contributed by atoms with Gasteiger partial charge < -0.3 is 5.32 Å². The highest BCUT2D eigenvalue weighted by Gasteiger charge is 2.37. The molecule has 4 nitrogen and oxygen atoms in total. The number of nitrogens with one attached hydrogen (secondary N) is 1. The number of benzene rings is 3. The average Bonchev–Trinajstić information content (AvgIpc) is 3.27. The van der Waals surface area contributed by atoms with Gasteiger partial charge in [0.15, 0.2) is 11.4 Å². The quantitative estimate of drug-likeness (QED) is 0.208. The number of thiazole rings is 1. The third-order valence-electron chi connectivity index (χ3n) is 4.77. The first kappa shape index (κ1) is 18.8. The molecule has 1 heterocycles. The fourth-order valence-electron chi connectivity index (χ4n) is 3.45. The van der Waals surface area contributed by atoms with Gasteiger partial charge >= 0.3 is 0 Å². The first-order valence-corrected chi connectivity index (χ1v) is 9.96. The van der Waals surface area contributed by atoms with Crippen LogP contribution >= 0.6 is 11.3 Å². The summed E-state index contributed by atoms with van der Waals surface area (Å²) in [6, 6.07) is 30.4. The van der Waals surface area contributed by atoms with Crippen LogP contribution in [0.4, 0.5) is 5.13 Å². The molecule has 0 aliphatic rings. The summed E-state index contributed by atoms with van der Waals surface area (Å²) in [5.41, 5.74) is 2.39. The minimum atomic E-state index is -0.719. The number of rotatable bonds is 7. The fraction of sp³-hybridized carbons (Fsp3) is 0.0417. The fourth-order valence-corrected chi connectivity index (χ4v) is 4.22. The summed E-state index contributed by atoms with van der Waals surface area (Å²) in [5.74, 6) is -0.569. The molecule has 0 amide bonds. The molecule has 0 unspecified atom stereocenters. The molecule has 1 aromatic heterocycles. The van der Waals surface area contributed by atoms with Crippen molar-refractivity contribution >= 4 is 28.5 Å². The van der Waals surface area contributed by atoms with E-state index in [9.17, 15) is 9.59 Å². The Bertz CT molecular complexity index is 1010. The molecule has 29 heavy (non-hydrogen) atoms. The van der Waals surface area contributed by atoms with E-state index in [2.05, 4.69) is 46.7 Å². The Labute approximate surface area is 172 Å². The van der Waals surface area contributed by atoms with Gasteiger partial charge in [0.1, 0.15) is 5.54 Å². The molecule has 3 aromatic carbocycles. The van der Waals surface area contributed by atoms with Crippen LogP contribution in [0.25, 0.3) is 0 Å². The number of carbonyl (C=O) groups is 2. The van der Waals surface area contributed by atoms with Gasteiger partial charge in [-0.2, -0.15) is 0 Å². The molecule has 0 radical (unpaired) electrons. The number of nitrogens with zero attached hydrogens (tertiary/aromatic N) is 1. The van der Waals surface area contributed by atoms with Crippen LogP contribution in [0.3, 0.4) is 0 Å². The zero-order valence-corrected chi connectivity index (χ0v) is 16.3. The predicted octanol–water partition coefficient (Wildman–Crippen LogP) is 4.93. The van der Waals surface area contributed by atoms with E-state index >= 15 is 0 Å². The Morgan fingerprint density at radius 2 is 1.24 bits per heavy atom. The molecule has 0 saturated carbocycles. The van der Waals surface area contributed by atoms with Gasteiger partial charge in [-0.3, -0.25) is 9.59 Å². The van der Waals surface area contributed by atoms with Crippen molar-refractivity contribution in [3.05, 3.63) is 119 Å². The largest absolute Gasteiger partial charge is 0.344 e. The van der Waals surface area contributed by atoms with Crippen molar-refractivity contribution in [3.8, 4) is 0 Å². The smallest absolute Gasteiger partial charge is 0.236 e. The van der Waals surface area contributed by atoms with Crippen LogP contribution in [0.2, 0.25) is 0 Å². The lowest BCUT2D eigenvalue weighted by molar-refractivity contribution is -0.104. The number of hydrogen-bond donors (Lipinski definition) is 1. The molecule has 0 aliphatic carbocycles. The highest BCUT2D eigenvalue weighted by Crippen LogP contribution is 2.40. The zero-order chi connectivity index (χ0) is 20.1. The third-order valence-corrected chi connectivity index (χ3v) is 5.70. The van der Waals surface area contributed by atoms with E-state index in [-0.39, 0.29) is 0 Å². The summed E-state index contributed by atoms with van der Waals surface area (Å²) in [5, 5.41) is 4.14. The molecular weight excluding hydrogens is 380 g/mol. The van der Waals surface area contributed by atoms with Crippen molar-refractivity contribution in [1.82, 2.24) is 4.98 Å². The number of Topliss-reactive ketones (excluding diaryl/α,β-unsaturated/α-hetero) is 1. The van der Waals surface area contributed by atoms with E-state index in [1.807, 2.05) is 54.6 Å². The third kappa shape index (κ3) is 3.60. The Balaban J connectivity index is 1.94. The van der Waals surface area contributed by atoms with Crippen molar-refractivity contribution in [3.63, 3.8) is 0 Å². The van der Waals surface area contributed by atoms with Gasteiger partial charge in [0.25, 0.3) is 0 Å². The van der Waals surface area contributed by atoms with Crippen LogP contribution in [0, 0.1) is 0 Å². The summed E-state index contributed by atoms with van der Waals surface area (Å²) in [6.45, 7) is 0. The lowest BCUT2D eigenvalue weighted by Gasteiger charge is -2.36. The van der Waals surface area contributed by atoms with Gasteiger partial charge in [-0.25, -0.2) is 4.98 Å². The number of anilines is 1. The molecule has 4 aromatic rings. The summed E-state index contributed by atoms with van der Waals surface area (Å²) in [6.07, 6.45) is 1.76. The maximum atomic E-state index is 11.8. The Kier molecular flexibility index (Phi) is 5.31. The first-order chi connectivity index (χ1) is 14.2. The van der Waals surface area contributed by atoms with Crippen LogP contribution in [0.1, 0.15) is 26.4 Å². The molecule has 0 fully saturated rings. The Morgan fingerprint density at radius 3 is 1.66 bits per heavy atom. The summed E-state index contributed by atoms with van der Waals surface area (Å²) in [4.78, 5) is 27.3. The van der Waals surface area contributed by atoms with Gasteiger partial charge in [-0.05, 0) is 16.7 Å². The molecule has 0 bridgehead atoms. The summed E-state index contributed by atoms with van der Waals surface area (Å²) >= 11 is 1.17. The number of carbonyl (C=O) groups excluding carboxylic acids is 2. The number of aldehydes is 1. The van der Waals surface area contributed by atoms with Crippen LogP contribution in [-0.4, -0.2) is 17.1 Å². The van der Waals surface area contributed by atoms with Gasteiger partial charge in [-0.1, -0.05) is 102 Å². The maximum Gasteiger partial charge on any atom is 0.236 e. The summed E-state index contributed by atoms with van der Waals surface area (Å²) in [7, 11) is 0. The second kappa shape index (κ2) is 8.20. The minimum absolute atomic E-state index is 0.311. The minimum Gasteiger partial charge on any atom is -0.344 e. The molecule has 0 atom stereocenters. The molecule has 1 N–H and O–H groups in total. The van der Waals surface area contributed by atoms with Crippen LogP contribution < -0.4 is 5.32 Å². The van der Waals surface area contributed by atoms with E-state index in [1.165, 1.54) is 17.5 Å². The molecule has 0 aliphatic heterocycles. The van der Waals surface area contributed by atoms with Gasteiger partial charge in [-0.15, -0.1) is 0 Å². The van der Waals surface area contributed by atoms with Crippen LogP contribution in [0.15, 0.2) is 97.2 Å². The van der Waals surface area contributed by atoms with E-state index in [0.29, 0.717) is 16.3 Å². The first-order valence-electron chi connectivity index (χ1n) is 9.14. The van der Waals surface area contributed by atoms with E-state index < -0.39 is 11.3 Å². The SMILES string of the molecule is O=CC(=O)c1cnc(NC(c2ccccc2)(c2ccccc2)c2ccccc2)s1. The van der Waals surface area contributed by atoms with Gasteiger partial charge in [0.05, 0.1) is 11.1 Å². The Morgan fingerprint density at radius 1 is 0.793 bits per heavy atom. The van der Waals surface area contributed by atoms with Crippen molar-refractivity contribution in [2.45, 2.75) is 5.54 Å². The van der Waals surface area contributed by atoms with E-state index in [0.717, 1.165) is 16.7 Å². The van der Waals surface area contributed by atoms with E-state index in [4.69, 9.17) is 0 Å². The number of ketones is 1. The van der Waals surface area contributed by atoms with Gasteiger partial charge in [0.2, 0.25) is 5.78 Å². The highest BCUT2D eigenvalue weighted by molar-refractivity contribution is 7.18. The monoisotopic (exact) mass is 398 g/mol. The molecule has 5 heteroatoms.